The molecular weight excluding hydrogens is 497 g/mol. The van der Waals surface area contributed by atoms with Crippen LogP contribution in [0, 0.1) is 0 Å². The van der Waals surface area contributed by atoms with Gasteiger partial charge in [-0.3, -0.25) is 18.9 Å². The van der Waals surface area contributed by atoms with E-state index in [9.17, 15) is 9.59 Å². The van der Waals surface area contributed by atoms with Gasteiger partial charge in [-0.15, -0.1) is 34.2 Å². The van der Waals surface area contributed by atoms with Crippen LogP contribution >= 0.6 is 24.0 Å². The fourth-order valence-electron chi connectivity index (χ4n) is 3.22. The van der Waals surface area contributed by atoms with Crippen molar-refractivity contribution in [1.82, 2.24) is 30.1 Å². The van der Waals surface area contributed by atoms with E-state index in [0.29, 0.717) is 36.7 Å². The van der Waals surface area contributed by atoms with E-state index in [2.05, 4.69) is 25.8 Å². The molecule has 3 aromatic rings. The second-order valence-electron chi connectivity index (χ2n) is 6.47. The van der Waals surface area contributed by atoms with Crippen LogP contribution in [-0.2, 0) is 6.54 Å². The Balaban J connectivity index is 0.00000256. The maximum atomic E-state index is 12.4. The molecule has 3 heterocycles. The van der Waals surface area contributed by atoms with Crippen molar-refractivity contribution in [3.8, 4) is 0 Å². The zero-order chi connectivity index (χ0) is 20.2. The topological polar surface area (TPSA) is 104 Å². The molecule has 2 amide bonds. The number of hydrogen-bond donors (Lipinski definition) is 2. The van der Waals surface area contributed by atoms with E-state index in [4.69, 9.17) is 0 Å². The molecule has 0 bridgehead atoms. The Morgan fingerprint density at radius 3 is 2.40 bits per heavy atom. The first kappa shape index (κ1) is 21.7. The minimum atomic E-state index is -0.260. The fourth-order valence-corrected chi connectivity index (χ4v) is 3.22. The molecule has 1 aliphatic heterocycles. The Hall–Kier alpha value is -3.02. The van der Waals surface area contributed by atoms with E-state index < -0.39 is 0 Å². The van der Waals surface area contributed by atoms with Gasteiger partial charge in [0, 0.05) is 25.8 Å². The van der Waals surface area contributed by atoms with Crippen LogP contribution in [0.1, 0.15) is 33.5 Å². The second kappa shape index (κ2) is 9.65. The Kier molecular flexibility index (Phi) is 6.98. The van der Waals surface area contributed by atoms with Gasteiger partial charge in [0.1, 0.15) is 6.54 Å². The van der Waals surface area contributed by atoms with Crippen LogP contribution in [-0.4, -0.2) is 56.9 Å². The number of guanidine groups is 1. The molecule has 0 radical (unpaired) electrons. The quantitative estimate of drug-likeness (QED) is 0.223. The monoisotopic (exact) mass is 519 g/mol. The maximum absolute atomic E-state index is 12.4. The molecule has 1 aromatic carbocycles. The second-order valence-corrected chi connectivity index (χ2v) is 6.47. The standard InChI is InChI=1S/C20H21N7O2.HI/c1-2-21-20(23-13-17-25-24-16-9-5-6-11-26(16)17)22-10-12-27-18(28)14-7-3-4-8-15(14)19(27)29;/h3-9,11H,2,10,12-13H2,1H3,(H2,21,22,23);1H. The van der Waals surface area contributed by atoms with Crippen LogP contribution in [0.4, 0.5) is 0 Å². The molecule has 10 heteroatoms. The summed E-state index contributed by atoms with van der Waals surface area (Å²) in [4.78, 5) is 30.6. The number of pyridine rings is 1. The number of carbonyl (C=O) groups excluding carboxylic acids is 2. The van der Waals surface area contributed by atoms with Gasteiger partial charge in [0.25, 0.3) is 11.8 Å². The van der Waals surface area contributed by atoms with Gasteiger partial charge in [0.05, 0.1) is 11.1 Å². The molecule has 0 saturated heterocycles. The highest BCUT2D eigenvalue weighted by Crippen LogP contribution is 2.21. The van der Waals surface area contributed by atoms with E-state index in [-0.39, 0.29) is 42.3 Å². The zero-order valence-corrected chi connectivity index (χ0v) is 18.7. The average Bonchev–Trinajstić information content (AvgIpc) is 3.27. The largest absolute Gasteiger partial charge is 0.357 e. The van der Waals surface area contributed by atoms with Crippen LogP contribution in [0.15, 0.2) is 53.7 Å². The molecule has 0 aliphatic carbocycles. The summed E-state index contributed by atoms with van der Waals surface area (Å²) in [5.41, 5.74) is 1.68. The number of nitrogens with one attached hydrogen (secondary N) is 2. The summed E-state index contributed by atoms with van der Waals surface area (Å²) in [6.07, 6.45) is 1.89. The Morgan fingerprint density at radius 1 is 1.00 bits per heavy atom. The lowest BCUT2D eigenvalue weighted by atomic mass is 10.1. The van der Waals surface area contributed by atoms with E-state index in [1.165, 1.54) is 4.90 Å². The summed E-state index contributed by atoms with van der Waals surface area (Å²) in [5, 5.41) is 14.6. The molecule has 156 valence electrons. The van der Waals surface area contributed by atoms with E-state index in [1.807, 2.05) is 35.7 Å². The van der Waals surface area contributed by atoms with Gasteiger partial charge in [-0.1, -0.05) is 18.2 Å². The van der Waals surface area contributed by atoms with Crippen LogP contribution in [0.25, 0.3) is 5.65 Å². The molecule has 0 atom stereocenters. The molecule has 0 spiro atoms. The van der Waals surface area contributed by atoms with Crippen molar-refractivity contribution in [2.45, 2.75) is 13.5 Å². The predicted octanol–water partition coefficient (Wildman–Crippen LogP) is 1.70. The number of amides is 2. The summed E-state index contributed by atoms with van der Waals surface area (Å²) in [6, 6.07) is 12.6. The number of nitrogens with zero attached hydrogens (tertiary/aromatic N) is 5. The number of benzene rings is 1. The third-order valence-electron chi connectivity index (χ3n) is 4.61. The van der Waals surface area contributed by atoms with Crippen molar-refractivity contribution in [3.63, 3.8) is 0 Å². The maximum Gasteiger partial charge on any atom is 0.261 e. The molecular formula is C20H22IN7O2. The van der Waals surface area contributed by atoms with Crippen molar-refractivity contribution in [2.24, 2.45) is 4.99 Å². The lowest BCUT2D eigenvalue weighted by molar-refractivity contribution is 0.0657. The molecule has 1 aliphatic rings. The summed E-state index contributed by atoms with van der Waals surface area (Å²) < 4.78 is 1.88. The molecule has 2 aromatic heterocycles. The highest BCUT2D eigenvalue weighted by atomic mass is 127. The Morgan fingerprint density at radius 2 is 1.70 bits per heavy atom. The molecule has 2 N–H and O–H groups in total. The smallest absolute Gasteiger partial charge is 0.261 e. The Labute approximate surface area is 190 Å². The van der Waals surface area contributed by atoms with Gasteiger partial charge in [-0.05, 0) is 31.2 Å². The van der Waals surface area contributed by atoms with Crippen molar-refractivity contribution in [3.05, 3.63) is 65.6 Å². The van der Waals surface area contributed by atoms with Crippen LogP contribution < -0.4 is 10.6 Å². The zero-order valence-electron chi connectivity index (χ0n) is 16.4. The van der Waals surface area contributed by atoms with Crippen molar-refractivity contribution >= 4 is 47.4 Å². The summed E-state index contributed by atoms with van der Waals surface area (Å²) in [6.45, 7) is 3.63. The predicted molar refractivity (Wildman–Crippen MR) is 123 cm³/mol. The first-order valence-electron chi connectivity index (χ1n) is 9.45. The summed E-state index contributed by atoms with van der Waals surface area (Å²) in [5.74, 6) is 0.781. The van der Waals surface area contributed by atoms with Crippen molar-refractivity contribution in [1.29, 1.82) is 0 Å². The van der Waals surface area contributed by atoms with Gasteiger partial charge < -0.3 is 10.6 Å². The highest BCUT2D eigenvalue weighted by Gasteiger charge is 2.34. The van der Waals surface area contributed by atoms with Crippen LogP contribution in [0.2, 0.25) is 0 Å². The first-order chi connectivity index (χ1) is 14.2. The third-order valence-corrected chi connectivity index (χ3v) is 4.61. The highest BCUT2D eigenvalue weighted by molar-refractivity contribution is 14.0. The number of imide groups is 1. The number of aliphatic imine (C=N–C) groups is 1. The number of fused-ring (bicyclic) bond motifs is 2. The number of halogens is 1. The number of carbonyl (C=O) groups is 2. The van der Waals surface area contributed by atoms with E-state index in [0.717, 1.165) is 11.5 Å². The molecule has 0 saturated carbocycles. The van der Waals surface area contributed by atoms with Crippen LogP contribution in [0.5, 0.6) is 0 Å². The first-order valence-corrected chi connectivity index (χ1v) is 9.45. The van der Waals surface area contributed by atoms with Gasteiger partial charge in [0.15, 0.2) is 17.4 Å². The van der Waals surface area contributed by atoms with Crippen LogP contribution in [0.3, 0.4) is 0 Å². The van der Waals surface area contributed by atoms with Crippen molar-refractivity contribution in [2.75, 3.05) is 19.6 Å². The lowest BCUT2D eigenvalue weighted by Crippen LogP contribution is -2.43. The number of aromatic nitrogens is 3. The summed E-state index contributed by atoms with van der Waals surface area (Å²) >= 11 is 0. The van der Waals surface area contributed by atoms with E-state index in [1.54, 1.807) is 24.3 Å². The third kappa shape index (κ3) is 4.27. The summed E-state index contributed by atoms with van der Waals surface area (Å²) in [7, 11) is 0. The van der Waals surface area contributed by atoms with Gasteiger partial charge in [-0.25, -0.2) is 4.99 Å². The van der Waals surface area contributed by atoms with Gasteiger partial charge in [-0.2, -0.15) is 0 Å². The van der Waals surface area contributed by atoms with E-state index >= 15 is 0 Å². The molecule has 0 fully saturated rings. The molecule has 30 heavy (non-hydrogen) atoms. The minimum absolute atomic E-state index is 0. The van der Waals surface area contributed by atoms with Gasteiger partial charge >= 0.3 is 0 Å². The average molecular weight is 519 g/mol. The minimum Gasteiger partial charge on any atom is -0.357 e. The van der Waals surface area contributed by atoms with Crippen molar-refractivity contribution < 1.29 is 9.59 Å². The lowest BCUT2D eigenvalue weighted by Gasteiger charge is -2.16. The molecule has 9 nitrogen and oxygen atoms in total. The van der Waals surface area contributed by atoms with Gasteiger partial charge in [0.2, 0.25) is 0 Å². The number of hydrogen-bond acceptors (Lipinski definition) is 5. The molecule has 0 unspecified atom stereocenters. The normalized spacial score (nSPS) is 13.4. The Bertz CT molecular complexity index is 1060. The SMILES string of the molecule is CCNC(=NCc1nnc2ccccn12)NCCN1C(=O)c2ccccc2C1=O.I. The number of rotatable bonds is 6. The molecule has 4 rings (SSSR count). The fraction of sp³-hybridized carbons (Fsp3) is 0.250.